The number of aryl methyl sites for hydroxylation is 1. The third-order valence-electron chi connectivity index (χ3n) is 3.99. The molecule has 19 heavy (non-hydrogen) atoms. The third-order valence-corrected chi connectivity index (χ3v) is 3.99. The molecule has 1 aliphatic heterocycles. The van der Waals surface area contributed by atoms with Gasteiger partial charge in [0.2, 0.25) is 0 Å². The predicted molar refractivity (Wildman–Crippen MR) is 81.7 cm³/mol. The lowest BCUT2D eigenvalue weighted by Crippen LogP contribution is -2.26. The highest BCUT2D eigenvalue weighted by atomic mass is 35.5. The molecule has 0 amide bonds. The van der Waals surface area contributed by atoms with E-state index < -0.39 is 0 Å². The van der Waals surface area contributed by atoms with Gasteiger partial charge in [-0.1, -0.05) is 0 Å². The maximum absolute atomic E-state index is 5.29. The standard InChI is InChI=1S/C15H20N2O.ClH/c1-10-15(11-5-7-16-8-6-11)13-4-3-12(18-2)9-14(13)17-10;/h3-4,9,11,16-17H,5-8H2,1-2H3;1H. The van der Waals surface area contributed by atoms with E-state index in [0.717, 1.165) is 18.8 Å². The van der Waals surface area contributed by atoms with Crippen LogP contribution in [0.1, 0.15) is 30.0 Å². The van der Waals surface area contributed by atoms with Crippen molar-refractivity contribution in [2.75, 3.05) is 20.2 Å². The molecule has 4 heteroatoms. The van der Waals surface area contributed by atoms with Crippen LogP contribution in [-0.2, 0) is 0 Å². The van der Waals surface area contributed by atoms with Crippen LogP contribution >= 0.6 is 12.4 Å². The number of hydrogen-bond donors (Lipinski definition) is 2. The van der Waals surface area contributed by atoms with E-state index in [9.17, 15) is 0 Å². The summed E-state index contributed by atoms with van der Waals surface area (Å²) in [7, 11) is 1.71. The molecule has 0 aliphatic carbocycles. The van der Waals surface area contributed by atoms with Crippen LogP contribution in [0.2, 0.25) is 0 Å². The molecular weight excluding hydrogens is 260 g/mol. The second kappa shape index (κ2) is 5.85. The number of aromatic nitrogens is 1. The zero-order valence-corrected chi connectivity index (χ0v) is 12.3. The van der Waals surface area contributed by atoms with Crippen LogP contribution in [0.15, 0.2) is 18.2 Å². The first kappa shape index (κ1) is 14.2. The van der Waals surface area contributed by atoms with Crippen LogP contribution in [0.3, 0.4) is 0 Å². The summed E-state index contributed by atoms with van der Waals surface area (Å²) in [4.78, 5) is 3.50. The Morgan fingerprint density at radius 2 is 1.95 bits per heavy atom. The molecule has 2 aromatic rings. The molecule has 0 atom stereocenters. The highest BCUT2D eigenvalue weighted by Gasteiger charge is 2.21. The van der Waals surface area contributed by atoms with Gasteiger partial charge < -0.3 is 15.0 Å². The topological polar surface area (TPSA) is 37.0 Å². The summed E-state index contributed by atoms with van der Waals surface area (Å²) < 4.78 is 5.29. The lowest BCUT2D eigenvalue weighted by molar-refractivity contribution is 0.415. The monoisotopic (exact) mass is 280 g/mol. The largest absolute Gasteiger partial charge is 0.497 e. The second-order valence-corrected chi connectivity index (χ2v) is 5.10. The van der Waals surface area contributed by atoms with Crippen LogP contribution in [0.25, 0.3) is 10.9 Å². The average Bonchev–Trinajstić information content (AvgIpc) is 2.74. The molecular formula is C15H21ClN2O. The van der Waals surface area contributed by atoms with Crippen LogP contribution in [-0.4, -0.2) is 25.2 Å². The van der Waals surface area contributed by atoms with Gasteiger partial charge in [0.25, 0.3) is 0 Å². The van der Waals surface area contributed by atoms with Gasteiger partial charge >= 0.3 is 0 Å². The number of H-pyrrole nitrogens is 1. The Morgan fingerprint density at radius 3 is 2.63 bits per heavy atom. The minimum atomic E-state index is 0. The fraction of sp³-hybridized carbons (Fsp3) is 0.467. The number of rotatable bonds is 2. The van der Waals surface area contributed by atoms with Gasteiger partial charge in [0.05, 0.1) is 7.11 Å². The number of hydrogen-bond acceptors (Lipinski definition) is 2. The van der Waals surface area contributed by atoms with Gasteiger partial charge in [-0.3, -0.25) is 0 Å². The summed E-state index contributed by atoms with van der Waals surface area (Å²) in [6.07, 6.45) is 2.47. The van der Waals surface area contributed by atoms with E-state index in [4.69, 9.17) is 4.74 Å². The summed E-state index contributed by atoms with van der Waals surface area (Å²) in [5.41, 5.74) is 4.01. The second-order valence-electron chi connectivity index (χ2n) is 5.10. The van der Waals surface area contributed by atoms with E-state index in [1.165, 1.54) is 35.0 Å². The van der Waals surface area contributed by atoms with Gasteiger partial charge in [-0.2, -0.15) is 0 Å². The first-order valence-electron chi connectivity index (χ1n) is 6.66. The minimum absolute atomic E-state index is 0. The highest BCUT2D eigenvalue weighted by Crippen LogP contribution is 2.35. The molecule has 3 rings (SSSR count). The maximum atomic E-state index is 5.29. The van der Waals surface area contributed by atoms with Crippen molar-refractivity contribution in [2.45, 2.75) is 25.7 Å². The summed E-state index contributed by atoms with van der Waals surface area (Å²) in [6, 6.07) is 6.34. The Hall–Kier alpha value is -1.19. The van der Waals surface area contributed by atoms with Crippen molar-refractivity contribution in [1.29, 1.82) is 0 Å². The fourth-order valence-electron chi connectivity index (χ4n) is 3.10. The van der Waals surface area contributed by atoms with Crippen molar-refractivity contribution in [2.24, 2.45) is 0 Å². The predicted octanol–water partition coefficient (Wildman–Crippen LogP) is 3.37. The maximum Gasteiger partial charge on any atom is 0.120 e. The summed E-state index contributed by atoms with van der Waals surface area (Å²) in [5.74, 6) is 1.61. The molecule has 3 nitrogen and oxygen atoms in total. The van der Waals surface area contributed by atoms with Crippen molar-refractivity contribution in [3.63, 3.8) is 0 Å². The van der Waals surface area contributed by atoms with Gasteiger partial charge in [-0.05, 0) is 56.5 Å². The number of nitrogens with one attached hydrogen (secondary N) is 2. The van der Waals surface area contributed by atoms with Crippen LogP contribution in [0.5, 0.6) is 5.75 Å². The van der Waals surface area contributed by atoms with Crippen molar-refractivity contribution >= 4 is 23.3 Å². The molecule has 2 N–H and O–H groups in total. The Kier molecular flexibility index (Phi) is 4.38. The first-order chi connectivity index (χ1) is 8.79. The Bertz CT molecular complexity index is 559. The number of fused-ring (bicyclic) bond motifs is 1. The highest BCUT2D eigenvalue weighted by molar-refractivity contribution is 5.86. The number of benzene rings is 1. The summed E-state index contributed by atoms with van der Waals surface area (Å²) in [6.45, 7) is 4.45. The van der Waals surface area contributed by atoms with Gasteiger partial charge in [-0.25, -0.2) is 0 Å². The van der Waals surface area contributed by atoms with Crippen LogP contribution < -0.4 is 10.1 Å². The van der Waals surface area contributed by atoms with E-state index >= 15 is 0 Å². The molecule has 0 bridgehead atoms. The van der Waals surface area contributed by atoms with Gasteiger partial charge in [0, 0.05) is 22.7 Å². The fourth-order valence-corrected chi connectivity index (χ4v) is 3.10. The van der Waals surface area contributed by atoms with Crippen LogP contribution in [0, 0.1) is 6.92 Å². The SMILES string of the molecule is COc1ccc2c(C3CCNCC3)c(C)[nH]c2c1.Cl. The number of methoxy groups -OCH3 is 1. The molecule has 1 fully saturated rings. The molecule has 0 saturated carbocycles. The minimum Gasteiger partial charge on any atom is -0.497 e. The lowest BCUT2D eigenvalue weighted by atomic mass is 9.88. The molecule has 104 valence electrons. The molecule has 0 spiro atoms. The number of ether oxygens (including phenoxy) is 1. The summed E-state index contributed by atoms with van der Waals surface area (Å²) >= 11 is 0. The third kappa shape index (κ3) is 2.58. The van der Waals surface area contributed by atoms with Gasteiger partial charge in [0.15, 0.2) is 0 Å². The summed E-state index contributed by atoms with van der Waals surface area (Å²) in [5, 5.41) is 4.79. The van der Waals surface area contributed by atoms with Crippen molar-refractivity contribution < 1.29 is 4.74 Å². The Morgan fingerprint density at radius 1 is 1.21 bits per heavy atom. The number of aromatic amines is 1. The van der Waals surface area contributed by atoms with Gasteiger partial charge in [-0.15, -0.1) is 12.4 Å². The van der Waals surface area contributed by atoms with Gasteiger partial charge in [0.1, 0.15) is 5.75 Å². The molecule has 1 aliphatic rings. The smallest absolute Gasteiger partial charge is 0.120 e. The molecule has 0 radical (unpaired) electrons. The van der Waals surface area contributed by atoms with Crippen molar-refractivity contribution in [3.05, 3.63) is 29.5 Å². The van der Waals surface area contributed by atoms with E-state index in [0.29, 0.717) is 5.92 Å². The van der Waals surface area contributed by atoms with E-state index in [1.807, 2.05) is 0 Å². The first-order valence-corrected chi connectivity index (χ1v) is 6.66. The average molecular weight is 281 g/mol. The zero-order chi connectivity index (χ0) is 12.5. The molecule has 0 unspecified atom stereocenters. The number of halogens is 1. The Labute approximate surface area is 120 Å². The molecule has 1 aromatic heterocycles. The van der Waals surface area contributed by atoms with E-state index in [1.54, 1.807) is 7.11 Å². The molecule has 1 saturated heterocycles. The zero-order valence-electron chi connectivity index (χ0n) is 11.5. The van der Waals surface area contributed by atoms with Crippen LogP contribution in [0.4, 0.5) is 0 Å². The quantitative estimate of drug-likeness (QED) is 0.885. The molecule has 2 heterocycles. The van der Waals surface area contributed by atoms with Crippen molar-refractivity contribution in [3.8, 4) is 5.75 Å². The van der Waals surface area contributed by atoms with E-state index in [-0.39, 0.29) is 12.4 Å². The Balaban J connectivity index is 0.00000133. The lowest BCUT2D eigenvalue weighted by Gasteiger charge is -2.23. The normalized spacial score (nSPS) is 16.3. The van der Waals surface area contributed by atoms with Crippen molar-refractivity contribution in [1.82, 2.24) is 10.3 Å². The number of piperidine rings is 1. The van der Waals surface area contributed by atoms with E-state index in [2.05, 4.69) is 35.4 Å². The molecule has 1 aromatic carbocycles.